The Morgan fingerprint density at radius 2 is 1.26 bits per heavy atom. The second-order valence-corrected chi connectivity index (χ2v) is 8.06. The zero-order valence-corrected chi connectivity index (χ0v) is 18.8. The molecule has 6 heteroatoms. The fraction of sp³-hybridized carbons (Fsp3) is 0.143. The monoisotopic (exact) mass is 446 g/mol. The van der Waals surface area contributed by atoms with E-state index < -0.39 is 11.3 Å². The molecule has 2 N–H and O–H groups in total. The Kier molecular flexibility index (Phi) is 5.20. The van der Waals surface area contributed by atoms with Crippen molar-refractivity contribution in [3.63, 3.8) is 0 Å². The number of H-pyrrole nitrogens is 2. The molecule has 0 radical (unpaired) electrons. The standard InChI is InChI=1S/C28H22N4O2/c1-33-26-12-11-18(13-27(26)34-2)28(19(14-29)15-30,22-16-31-24-9-5-3-7-20(22)24)23-17-32-25-10-6-4-8-21(23)25/h3-13,16-17,19,31-32H,1-2H3. The molecule has 0 saturated heterocycles. The highest BCUT2D eigenvalue weighted by Crippen LogP contribution is 2.51. The smallest absolute Gasteiger partial charge is 0.161 e. The van der Waals surface area contributed by atoms with Gasteiger partial charge in [0.05, 0.1) is 31.8 Å². The van der Waals surface area contributed by atoms with E-state index in [-0.39, 0.29) is 0 Å². The van der Waals surface area contributed by atoms with Crippen molar-refractivity contribution in [2.75, 3.05) is 14.2 Å². The van der Waals surface area contributed by atoms with Crippen LogP contribution in [0, 0.1) is 28.6 Å². The number of fused-ring (bicyclic) bond motifs is 2. The molecular formula is C28H22N4O2. The minimum Gasteiger partial charge on any atom is -0.493 e. The maximum absolute atomic E-state index is 10.3. The zero-order chi connectivity index (χ0) is 23.7. The Balaban J connectivity index is 1.99. The van der Waals surface area contributed by atoms with E-state index in [1.54, 1.807) is 14.2 Å². The number of aromatic amines is 2. The molecule has 166 valence electrons. The first-order valence-electron chi connectivity index (χ1n) is 10.8. The molecule has 3 aromatic carbocycles. The highest BCUT2D eigenvalue weighted by atomic mass is 16.5. The molecule has 0 saturated carbocycles. The number of nitriles is 2. The predicted molar refractivity (Wildman–Crippen MR) is 131 cm³/mol. The first kappa shape index (κ1) is 21.2. The van der Waals surface area contributed by atoms with Crippen LogP contribution in [0.4, 0.5) is 0 Å². The topological polar surface area (TPSA) is 97.6 Å². The summed E-state index contributed by atoms with van der Waals surface area (Å²) in [4.78, 5) is 6.68. The Morgan fingerprint density at radius 1 is 0.735 bits per heavy atom. The van der Waals surface area contributed by atoms with Crippen molar-refractivity contribution in [2.45, 2.75) is 5.41 Å². The van der Waals surface area contributed by atoms with Gasteiger partial charge < -0.3 is 19.4 Å². The number of nitrogens with one attached hydrogen (secondary N) is 2. The van der Waals surface area contributed by atoms with Crippen molar-refractivity contribution in [1.29, 1.82) is 10.5 Å². The molecule has 5 rings (SSSR count). The van der Waals surface area contributed by atoms with E-state index in [0.717, 1.165) is 38.5 Å². The van der Waals surface area contributed by atoms with E-state index in [9.17, 15) is 10.5 Å². The van der Waals surface area contributed by atoms with Gasteiger partial charge in [-0.25, -0.2) is 0 Å². The number of ether oxygens (including phenoxy) is 2. The molecular weight excluding hydrogens is 424 g/mol. The molecule has 0 fully saturated rings. The van der Waals surface area contributed by atoms with Gasteiger partial charge in [-0.1, -0.05) is 42.5 Å². The normalized spacial score (nSPS) is 11.4. The van der Waals surface area contributed by atoms with Crippen molar-refractivity contribution in [2.24, 2.45) is 5.92 Å². The molecule has 0 aliphatic carbocycles. The average molecular weight is 447 g/mol. The van der Waals surface area contributed by atoms with Gasteiger partial charge in [0.15, 0.2) is 17.4 Å². The van der Waals surface area contributed by atoms with E-state index in [1.807, 2.05) is 79.1 Å². The van der Waals surface area contributed by atoms with Gasteiger partial charge in [0.1, 0.15) is 0 Å². The second kappa shape index (κ2) is 8.35. The van der Waals surface area contributed by atoms with E-state index in [1.165, 1.54) is 0 Å². The molecule has 0 amide bonds. The van der Waals surface area contributed by atoms with E-state index in [0.29, 0.717) is 11.5 Å². The Bertz CT molecular complexity index is 1490. The Hall–Kier alpha value is -4.68. The van der Waals surface area contributed by atoms with Crippen LogP contribution in [0.2, 0.25) is 0 Å². The predicted octanol–water partition coefficient (Wildman–Crippen LogP) is 5.66. The number of para-hydroxylation sites is 2. The van der Waals surface area contributed by atoms with Crippen molar-refractivity contribution < 1.29 is 9.47 Å². The molecule has 0 bridgehead atoms. The van der Waals surface area contributed by atoms with Crippen LogP contribution in [0.5, 0.6) is 11.5 Å². The number of aromatic nitrogens is 2. The van der Waals surface area contributed by atoms with Gasteiger partial charge >= 0.3 is 0 Å². The van der Waals surface area contributed by atoms with Gasteiger partial charge in [0, 0.05) is 34.2 Å². The molecule has 34 heavy (non-hydrogen) atoms. The highest BCUT2D eigenvalue weighted by molar-refractivity contribution is 5.91. The van der Waals surface area contributed by atoms with Crippen molar-refractivity contribution in [3.8, 4) is 23.6 Å². The van der Waals surface area contributed by atoms with Crippen molar-refractivity contribution >= 4 is 21.8 Å². The lowest BCUT2D eigenvalue weighted by atomic mass is 9.62. The van der Waals surface area contributed by atoms with Gasteiger partial charge in [-0.05, 0) is 41.0 Å². The zero-order valence-electron chi connectivity index (χ0n) is 18.8. The maximum atomic E-state index is 10.3. The van der Waals surface area contributed by atoms with Crippen LogP contribution in [0.15, 0.2) is 79.1 Å². The number of nitrogens with zero attached hydrogens (tertiary/aromatic N) is 2. The molecule has 2 heterocycles. The number of benzene rings is 3. The molecule has 5 aromatic rings. The minimum atomic E-state index is -1.12. The molecule has 0 atom stereocenters. The van der Waals surface area contributed by atoms with Gasteiger partial charge in [-0.15, -0.1) is 0 Å². The van der Waals surface area contributed by atoms with Crippen LogP contribution in [-0.4, -0.2) is 24.2 Å². The fourth-order valence-electron chi connectivity index (χ4n) is 5.03. The van der Waals surface area contributed by atoms with Crippen LogP contribution in [0.25, 0.3) is 21.8 Å². The highest BCUT2D eigenvalue weighted by Gasteiger charge is 2.48. The lowest BCUT2D eigenvalue weighted by Gasteiger charge is -2.36. The summed E-state index contributed by atoms with van der Waals surface area (Å²) in [6.45, 7) is 0. The lowest BCUT2D eigenvalue weighted by Crippen LogP contribution is -2.36. The number of methoxy groups -OCH3 is 2. The average Bonchev–Trinajstić information content (AvgIpc) is 3.52. The first-order chi connectivity index (χ1) is 16.7. The summed E-state index contributed by atoms with van der Waals surface area (Å²) in [6, 6.07) is 26.0. The molecule has 0 aliphatic rings. The van der Waals surface area contributed by atoms with Gasteiger partial charge in [-0.2, -0.15) is 10.5 Å². The summed E-state index contributed by atoms with van der Waals surface area (Å²) < 4.78 is 11.1. The summed E-state index contributed by atoms with van der Waals surface area (Å²) >= 11 is 0. The van der Waals surface area contributed by atoms with Crippen molar-refractivity contribution in [3.05, 3.63) is 95.8 Å². The third kappa shape index (κ3) is 2.93. The van der Waals surface area contributed by atoms with Crippen LogP contribution in [-0.2, 0) is 5.41 Å². The first-order valence-corrected chi connectivity index (χ1v) is 10.8. The van der Waals surface area contributed by atoms with Crippen LogP contribution < -0.4 is 9.47 Å². The summed E-state index contributed by atoms with van der Waals surface area (Å²) in [7, 11) is 3.16. The molecule has 6 nitrogen and oxygen atoms in total. The van der Waals surface area contributed by atoms with Crippen LogP contribution in [0.3, 0.4) is 0 Å². The number of rotatable bonds is 6. The van der Waals surface area contributed by atoms with E-state index in [2.05, 4.69) is 22.1 Å². The van der Waals surface area contributed by atoms with Gasteiger partial charge in [-0.3, -0.25) is 0 Å². The fourth-order valence-corrected chi connectivity index (χ4v) is 5.03. The summed E-state index contributed by atoms with van der Waals surface area (Å²) in [5.74, 6) is 0.0613. The van der Waals surface area contributed by atoms with E-state index in [4.69, 9.17) is 9.47 Å². The summed E-state index contributed by atoms with van der Waals surface area (Å²) in [6.07, 6.45) is 3.82. The molecule has 0 aliphatic heterocycles. The lowest BCUT2D eigenvalue weighted by molar-refractivity contribution is 0.353. The maximum Gasteiger partial charge on any atom is 0.161 e. The summed E-state index contributed by atoms with van der Waals surface area (Å²) in [5, 5.41) is 22.6. The number of hydrogen-bond acceptors (Lipinski definition) is 4. The van der Waals surface area contributed by atoms with Gasteiger partial charge in [0.25, 0.3) is 0 Å². The third-order valence-corrected chi connectivity index (χ3v) is 6.56. The molecule has 0 unspecified atom stereocenters. The van der Waals surface area contributed by atoms with E-state index >= 15 is 0 Å². The van der Waals surface area contributed by atoms with Gasteiger partial charge in [0.2, 0.25) is 0 Å². The van der Waals surface area contributed by atoms with Crippen molar-refractivity contribution in [1.82, 2.24) is 9.97 Å². The Morgan fingerprint density at radius 3 is 1.76 bits per heavy atom. The Labute approximate surface area is 197 Å². The molecule has 0 spiro atoms. The number of hydrogen-bond donors (Lipinski definition) is 2. The summed E-state index contributed by atoms with van der Waals surface area (Å²) in [5.41, 5.74) is 3.17. The van der Waals surface area contributed by atoms with Crippen LogP contribution >= 0.6 is 0 Å². The minimum absolute atomic E-state index is 0.527. The quantitative estimate of drug-likeness (QED) is 0.351. The SMILES string of the molecule is COc1ccc(C(c2c[nH]c3ccccc23)(c2c[nH]c3ccccc23)C(C#N)C#N)cc1OC. The molecule has 2 aromatic heterocycles. The third-order valence-electron chi connectivity index (χ3n) is 6.56. The largest absolute Gasteiger partial charge is 0.493 e. The van der Waals surface area contributed by atoms with Crippen LogP contribution in [0.1, 0.15) is 16.7 Å². The second-order valence-electron chi connectivity index (χ2n) is 8.06.